The Hall–Kier alpha value is -6.31. The van der Waals surface area contributed by atoms with E-state index in [0.29, 0.717) is 11.8 Å². The highest BCUT2D eigenvalue weighted by molar-refractivity contribution is 6.31. The summed E-state index contributed by atoms with van der Waals surface area (Å²) >= 11 is 0. The van der Waals surface area contributed by atoms with Crippen LogP contribution in [-0.2, 0) is 33.9 Å². The van der Waals surface area contributed by atoms with Gasteiger partial charge in [-0.3, -0.25) is 24.2 Å². The van der Waals surface area contributed by atoms with Gasteiger partial charge in [-0.05, 0) is 47.4 Å². The minimum Gasteiger partial charge on any atom is -0.507 e. The van der Waals surface area contributed by atoms with Crippen molar-refractivity contribution in [3.8, 4) is 17.2 Å². The molecule has 1 fully saturated rings. The molecule has 314 valence electrons. The molecule has 17 heteroatoms. The molecule has 10 N–H and O–H groups in total. The molecule has 17 nitrogen and oxygen atoms in total. The number of aliphatic hydroxyl groups is 5. The number of aliphatic hydroxyl groups excluding tert-OH is 3. The van der Waals surface area contributed by atoms with E-state index in [2.05, 4.69) is 4.99 Å². The lowest BCUT2D eigenvalue weighted by atomic mass is 9.77. The van der Waals surface area contributed by atoms with Crippen molar-refractivity contribution in [2.45, 2.75) is 63.9 Å². The molecule has 0 amide bonds. The molecule has 1 aliphatic heterocycles. The van der Waals surface area contributed by atoms with E-state index in [1.54, 1.807) is 42.5 Å². The van der Waals surface area contributed by atoms with E-state index in [1.807, 2.05) is 0 Å². The second-order valence-electron chi connectivity index (χ2n) is 14.1. The number of carbonyl (C=O) groups is 4. The molecule has 1 aliphatic carbocycles. The van der Waals surface area contributed by atoms with E-state index in [9.17, 15) is 49.8 Å². The smallest absolute Gasteiger partial charge is 0.308 e. The van der Waals surface area contributed by atoms with Gasteiger partial charge < -0.3 is 61.1 Å². The van der Waals surface area contributed by atoms with Gasteiger partial charge in [0.1, 0.15) is 23.4 Å². The van der Waals surface area contributed by atoms with Gasteiger partial charge in [-0.1, -0.05) is 54.6 Å². The standard InChI is InChI=1S/C43H43N3O14/c1-21-39(54)43(55,56)40(57-14-13-46-42(44)45)41(58-21)60-32-17-29-35(36(51)28(32)15-24-9-6-10-25(18-47)30(24)20-49)38(53)33-26(19-48)16-31(59-22(2)50)27(34(33)37(29)52)12-11-23-7-4-3-5-8-23/h3-12,16-17,20-21,39-41,47-48,51,54-56H,13-15,18-19H2,1-2H3,(H4,44,45,46)/b12-11-/t21-,39+,40-,41+/m0/s1. The Morgan fingerprint density at radius 3 is 2.25 bits per heavy atom. The number of aldehydes is 1. The fourth-order valence-electron chi connectivity index (χ4n) is 7.27. The van der Waals surface area contributed by atoms with Crippen LogP contribution in [0.5, 0.6) is 17.2 Å². The van der Waals surface area contributed by atoms with Crippen molar-refractivity contribution in [1.82, 2.24) is 0 Å². The van der Waals surface area contributed by atoms with E-state index in [4.69, 9.17) is 30.4 Å². The first kappa shape index (κ1) is 43.3. The van der Waals surface area contributed by atoms with Gasteiger partial charge in [0.15, 0.2) is 29.9 Å². The minimum atomic E-state index is -3.02. The molecular weight excluding hydrogens is 782 g/mol. The third-order valence-electron chi connectivity index (χ3n) is 10.1. The lowest BCUT2D eigenvalue weighted by Crippen LogP contribution is -2.67. The van der Waals surface area contributed by atoms with Crippen molar-refractivity contribution in [2.24, 2.45) is 16.5 Å². The zero-order valence-corrected chi connectivity index (χ0v) is 32.4. The summed E-state index contributed by atoms with van der Waals surface area (Å²) in [5, 5.41) is 65.7. The lowest BCUT2D eigenvalue weighted by Gasteiger charge is -2.45. The molecule has 4 aromatic rings. The number of phenolic OH excluding ortho intramolecular Hbond substituents is 1. The van der Waals surface area contributed by atoms with Crippen LogP contribution < -0.4 is 20.9 Å². The molecule has 0 bridgehead atoms. The third kappa shape index (κ3) is 8.41. The number of carbonyl (C=O) groups excluding carboxylic acids is 4. The van der Waals surface area contributed by atoms with Crippen LogP contribution in [0.4, 0.5) is 0 Å². The van der Waals surface area contributed by atoms with E-state index < -0.39 is 78.0 Å². The summed E-state index contributed by atoms with van der Waals surface area (Å²) in [5.41, 5.74) is 10.3. The molecule has 0 saturated carbocycles. The van der Waals surface area contributed by atoms with E-state index in [1.165, 1.54) is 31.2 Å². The van der Waals surface area contributed by atoms with Crippen molar-refractivity contribution in [3.05, 3.63) is 122 Å². The van der Waals surface area contributed by atoms with Crippen LogP contribution in [-0.4, -0.2) is 104 Å². The first-order chi connectivity index (χ1) is 28.6. The topological polar surface area (TPSA) is 291 Å². The van der Waals surface area contributed by atoms with E-state index in [-0.39, 0.29) is 81.5 Å². The number of aliphatic imine (C=N–C) groups is 1. The Bertz CT molecular complexity index is 2390. The maximum absolute atomic E-state index is 14.9. The molecule has 6 rings (SSSR count). The number of nitrogens with zero attached hydrogens (tertiary/aromatic N) is 1. The average Bonchev–Trinajstić information content (AvgIpc) is 3.21. The second-order valence-corrected chi connectivity index (χ2v) is 14.1. The summed E-state index contributed by atoms with van der Waals surface area (Å²) in [7, 11) is 0. The van der Waals surface area contributed by atoms with Crippen LogP contribution in [0.25, 0.3) is 12.2 Å². The summed E-state index contributed by atoms with van der Waals surface area (Å²) in [6, 6.07) is 15.8. The van der Waals surface area contributed by atoms with Crippen molar-refractivity contribution in [1.29, 1.82) is 0 Å². The van der Waals surface area contributed by atoms with Gasteiger partial charge in [-0.25, -0.2) is 0 Å². The third-order valence-corrected chi connectivity index (χ3v) is 10.1. The number of fused-ring (bicyclic) bond motifs is 2. The van der Waals surface area contributed by atoms with Crippen molar-refractivity contribution < 1.29 is 68.8 Å². The van der Waals surface area contributed by atoms with E-state index in [0.717, 1.165) is 13.0 Å². The maximum Gasteiger partial charge on any atom is 0.308 e. The highest BCUT2D eigenvalue weighted by atomic mass is 16.7. The zero-order valence-electron chi connectivity index (χ0n) is 32.4. The summed E-state index contributed by atoms with van der Waals surface area (Å²) in [5.74, 6) is -7.09. The number of ketones is 2. The van der Waals surface area contributed by atoms with Crippen LogP contribution in [0.3, 0.4) is 0 Å². The van der Waals surface area contributed by atoms with Gasteiger partial charge in [0.2, 0.25) is 12.1 Å². The molecule has 0 spiro atoms. The van der Waals surface area contributed by atoms with Crippen LogP contribution in [0, 0.1) is 0 Å². The first-order valence-electron chi connectivity index (χ1n) is 18.6. The number of esters is 1. The first-order valence-corrected chi connectivity index (χ1v) is 18.6. The van der Waals surface area contributed by atoms with Crippen LogP contribution in [0.15, 0.2) is 65.7 Å². The molecule has 0 unspecified atom stereocenters. The van der Waals surface area contributed by atoms with Crippen molar-refractivity contribution in [2.75, 3.05) is 13.2 Å². The SMILES string of the molecule is CC(=O)Oc1cc(CO)c2c(c1/C=C\c1ccccc1)C(=O)c1cc(O[C@H]3O[C@@H](C)[C@@H](O)C(O)(O)[C@H]3OCCN=C(N)N)c(Cc3cccc(CO)c3C=O)c(O)c1C2=O. The maximum atomic E-state index is 14.9. The van der Waals surface area contributed by atoms with Crippen LogP contribution in [0.2, 0.25) is 0 Å². The van der Waals surface area contributed by atoms with E-state index >= 15 is 0 Å². The number of hydrogen-bond donors (Lipinski definition) is 8. The number of ether oxygens (including phenoxy) is 4. The number of nitrogens with two attached hydrogens (primary N) is 2. The zero-order chi connectivity index (χ0) is 43.5. The van der Waals surface area contributed by atoms with Crippen molar-refractivity contribution in [3.63, 3.8) is 0 Å². The number of guanidine groups is 1. The molecule has 4 atom stereocenters. The van der Waals surface area contributed by atoms with Gasteiger partial charge in [-0.2, -0.15) is 0 Å². The monoisotopic (exact) mass is 825 g/mol. The molecular formula is C43H43N3O14. The Morgan fingerprint density at radius 1 is 0.900 bits per heavy atom. The summed E-state index contributed by atoms with van der Waals surface area (Å²) in [6.07, 6.45) is -3.69. The Morgan fingerprint density at radius 2 is 1.60 bits per heavy atom. The quantitative estimate of drug-likeness (QED) is 0.0115. The molecule has 1 heterocycles. The van der Waals surface area contributed by atoms with Gasteiger partial charge in [0.05, 0.1) is 38.0 Å². The molecule has 4 aromatic carbocycles. The van der Waals surface area contributed by atoms with Crippen molar-refractivity contribution >= 4 is 41.9 Å². The predicted molar refractivity (Wildman–Crippen MR) is 213 cm³/mol. The minimum absolute atomic E-state index is 0.00532. The fraction of sp³-hybridized carbons (Fsp3) is 0.279. The fourth-order valence-corrected chi connectivity index (χ4v) is 7.27. The average molecular weight is 826 g/mol. The number of hydrogen-bond acceptors (Lipinski definition) is 15. The second kappa shape index (κ2) is 17.9. The molecule has 0 aromatic heterocycles. The highest BCUT2D eigenvalue weighted by Crippen LogP contribution is 2.46. The van der Waals surface area contributed by atoms with Gasteiger partial charge in [0, 0.05) is 46.7 Å². The Labute approximate surface area is 342 Å². The molecule has 0 radical (unpaired) electrons. The predicted octanol–water partition coefficient (Wildman–Crippen LogP) is 1.48. The van der Waals surface area contributed by atoms with Gasteiger partial charge in [0.25, 0.3) is 0 Å². The largest absolute Gasteiger partial charge is 0.507 e. The van der Waals surface area contributed by atoms with Crippen LogP contribution >= 0.6 is 0 Å². The Kier molecular flexibility index (Phi) is 12.9. The molecule has 2 aliphatic rings. The number of benzene rings is 4. The lowest BCUT2D eigenvalue weighted by molar-refractivity contribution is -0.378. The number of aromatic hydroxyl groups is 1. The highest BCUT2D eigenvalue weighted by Gasteiger charge is 2.56. The van der Waals surface area contributed by atoms with Gasteiger partial charge in [-0.15, -0.1) is 0 Å². The summed E-state index contributed by atoms with van der Waals surface area (Å²) in [4.78, 5) is 58.0. The molecule has 1 saturated heterocycles. The number of rotatable bonds is 14. The Balaban J connectivity index is 1.58. The normalized spacial score (nSPS) is 19.4. The number of phenols is 1. The summed E-state index contributed by atoms with van der Waals surface area (Å²) < 4.78 is 23.3. The van der Waals surface area contributed by atoms with Gasteiger partial charge >= 0.3 is 5.97 Å². The van der Waals surface area contributed by atoms with Crippen LogP contribution in [0.1, 0.15) is 89.4 Å². The summed E-state index contributed by atoms with van der Waals surface area (Å²) in [6.45, 7) is 0.667. The molecule has 60 heavy (non-hydrogen) atoms.